The van der Waals surface area contributed by atoms with E-state index in [1.807, 2.05) is 60.7 Å². The summed E-state index contributed by atoms with van der Waals surface area (Å²) in [5, 5.41) is 10.9. The van der Waals surface area contributed by atoms with Crippen LogP contribution in [0.2, 0.25) is 0 Å². The Morgan fingerprint density at radius 1 is 0.812 bits per heavy atom. The predicted molar refractivity (Wildman–Crippen MR) is 128 cm³/mol. The topological polar surface area (TPSA) is 56.7 Å². The van der Waals surface area contributed by atoms with E-state index in [9.17, 15) is 9.90 Å². The van der Waals surface area contributed by atoms with Crippen LogP contribution in [-0.4, -0.2) is 47.1 Å². The van der Waals surface area contributed by atoms with E-state index in [1.165, 1.54) is 5.69 Å². The molecule has 1 aromatic heterocycles. The molecule has 4 aromatic rings. The summed E-state index contributed by atoms with van der Waals surface area (Å²) < 4.78 is 0. The molecule has 1 N–H and O–H groups in total. The predicted octanol–water partition coefficient (Wildman–Crippen LogP) is 4.92. The first kappa shape index (κ1) is 20.2. The Morgan fingerprint density at radius 2 is 1.44 bits per heavy atom. The minimum Gasteiger partial charge on any atom is -0.478 e. The number of fused-ring (bicyclic) bond motifs is 1. The van der Waals surface area contributed by atoms with E-state index in [2.05, 4.69) is 34.1 Å². The summed E-state index contributed by atoms with van der Waals surface area (Å²) in [6.07, 6.45) is 0. The van der Waals surface area contributed by atoms with Gasteiger partial charge in [0.2, 0.25) is 0 Å². The first-order valence-corrected chi connectivity index (χ1v) is 10.9. The molecule has 160 valence electrons. The molecule has 0 atom stereocenters. The number of rotatable bonds is 5. The lowest BCUT2D eigenvalue weighted by atomic mass is 9.96. The van der Waals surface area contributed by atoms with Crippen LogP contribution in [0, 0.1) is 0 Å². The molecule has 5 heteroatoms. The van der Waals surface area contributed by atoms with E-state index < -0.39 is 5.97 Å². The third-order valence-electron chi connectivity index (χ3n) is 6.13. The Labute approximate surface area is 187 Å². The highest BCUT2D eigenvalue weighted by Crippen LogP contribution is 2.31. The summed E-state index contributed by atoms with van der Waals surface area (Å²) in [6.45, 7) is 4.12. The van der Waals surface area contributed by atoms with Gasteiger partial charge in [0, 0.05) is 54.9 Å². The smallest absolute Gasteiger partial charge is 0.336 e. The zero-order chi connectivity index (χ0) is 21.9. The summed E-state index contributed by atoms with van der Waals surface area (Å²) in [6, 6.07) is 27.9. The molecule has 0 unspecified atom stereocenters. The summed E-state index contributed by atoms with van der Waals surface area (Å²) >= 11 is 0. The molecule has 0 radical (unpaired) electrons. The molecular formula is C27H25N3O2. The van der Waals surface area contributed by atoms with E-state index >= 15 is 0 Å². The number of hydrogen-bond acceptors (Lipinski definition) is 4. The number of aromatic nitrogens is 1. The lowest BCUT2D eigenvalue weighted by molar-refractivity contribution is 0.0696. The number of carboxylic acid groups (broad SMARTS) is 1. The first-order chi connectivity index (χ1) is 15.7. The minimum absolute atomic E-state index is 0.361. The maximum atomic E-state index is 12.4. The monoisotopic (exact) mass is 423 g/mol. The molecule has 1 saturated heterocycles. The van der Waals surface area contributed by atoms with Gasteiger partial charge in [0.1, 0.15) is 0 Å². The molecule has 5 rings (SSSR count). The van der Waals surface area contributed by atoms with Crippen molar-refractivity contribution in [2.75, 3.05) is 31.1 Å². The Hall–Kier alpha value is -3.70. The van der Waals surface area contributed by atoms with Gasteiger partial charge in [0.25, 0.3) is 0 Å². The third kappa shape index (κ3) is 3.95. The van der Waals surface area contributed by atoms with Crippen molar-refractivity contribution in [2.45, 2.75) is 6.54 Å². The maximum absolute atomic E-state index is 12.4. The van der Waals surface area contributed by atoms with E-state index in [1.54, 1.807) is 0 Å². The van der Waals surface area contributed by atoms with Crippen molar-refractivity contribution in [3.63, 3.8) is 0 Å². The molecule has 1 fully saturated rings. The SMILES string of the molecule is O=C(O)c1c(CN2CCN(c3ccccc3)CC2)c(-c2ccccc2)nc2ccccc12. The first-order valence-electron chi connectivity index (χ1n) is 10.9. The number of carbonyl (C=O) groups is 1. The fraction of sp³-hybridized carbons (Fsp3) is 0.185. The van der Waals surface area contributed by atoms with Crippen molar-refractivity contribution in [1.82, 2.24) is 9.88 Å². The van der Waals surface area contributed by atoms with Crippen LogP contribution < -0.4 is 4.90 Å². The van der Waals surface area contributed by atoms with Gasteiger partial charge in [-0.05, 0) is 18.2 Å². The molecule has 0 spiro atoms. The second-order valence-electron chi connectivity index (χ2n) is 8.10. The second-order valence-corrected chi connectivity index (χ2v) is 8.10. The van der Waals surface area contributed by atoms with Gasteiger partial charge in [-0.25, -0.2) is 9.78 Å². The van der Waals surface area contributed by atoms with Crippen molar-refractivity contribution in [3.8, 4) is 11.3 Å². The lowest BCUT2D eigenvalue weighted by Gasteiger charge is -2.36. The average Bonchev–Trinajstić information content (AvgIpc) is 2.85. The standard InChI is InChI=1S/C27H25N3O2/c31-27(32)25-22-13-7-8-14-24(22)28-26(20-9-3-1-4-10-20)23(25)19-29-15-17-30(18-16-29)21-11-5-2-6-12-21/h1-14H,15-19H2,(H,31,32). The zero-order valence-corrected chi connectivity index (χ0v) is 17.8. The summed E-state index contributed by atoms with van der Waals surface area (Å²) in [5.41, 5.74) is 4.79. The fourth-order valence-corrected chi connectivity index (χ4v) is 4.51. The molecule has 0 aliphatic carbocycles. The maximum Gasteiger partial charge on any atom is 0.336 e. The van der Waals surface area contributed by atoms with Crippen LogP contribution in [0.15, 0.2) is 84.9 Å². The quantitative estimate of drug-likeness (QED) is 0.494. The molecule has 0 amide bonds. The Balaban J connectivity index is 1.51. The van der Waals surface area contributed by atoms with E-state index in [0.717, 1.165) is 43.0 Å². The third-order valence-corrected chi connectivity index (χ3v) is 6.13. The molecule has 2 heterocycles. The summed E-state index contributed by atoms with van der Waals surface area (Å²) in [7, 11) is 0. The normalized spacial score (nSPS) is 14.6. The van der Waals surface area contributed by atoms with Gasteiger partial charge < -0.3 is 10.0 Å². The van der Waals surface area contributed by atoms with E-state index in [0.29, 0.717) is 23.0 Å². The Morgan fingerprint density at radius 3 is 2.12 bits per heavy atom. The fourth-order valence-electron chi connectivity index (χ4n) is 4.51. The minimum atomic E-state index is -0.904. The molecular weight excluding hydrogens is 398 g/mol. The number of anilines is 1. The van der Waals surface area contributed by atoms with Gasteiger partial charge in [-0.15, -0.1) is 0 Å². The molecule has 5 nitrogen and oxygen atoms in total. The van der Waals surface area contributed by atoms with Crippen molar-refractivity contribution in [2.24, 2.45) is 0 Å². The largest absolute Gasteiger partial charge is 0.478 e. The van der Waals surface area contributed by atoms with Crippen LogP contribution in [-0.2, 0) is 6.54 Å². The molecule has 1 aliphatic heterocycles. The van der Waals surface area contributed by atoms with Crippen molar-refractivity contribution < 1.29 is 9.90 Å². The van der Waals surface area contributed by atoms with Gasteiger partial charge in [0.05, 0.1) is 16.8 Å². The molecule has 1 aliphatic rings. The number of carboxylic acids is 1. The average molecular weight is 424 g/mol. The molecule has 32 heavy (non-hydrogen) atoms. The van der Waals surface area contributed by atoms with Gasteiger partial charge in [-0.3, -0.25) is 4.90 Å². The van der Waals surface area contributed by atoms with Gasteiger partial charge in [0.15, 0.2) is 0 Å². The second kappa shape index (κ2) is 8.81. The Kier molecular flexibility index (Phi) is 5.57. The molecule has 0 saturated carbocycles. The highest BCUT2D eigenvalue weighted by molar-refractivity contribution is 6.05. The highest BCUT2D eigenvalue weighted by Gasteiger charge is 2.25. The van der Waals surface area contributed by atoms with Crippen LogP contribution in [0.25, 0.3) is 22.2 Å². The van der Waals surface area contributed by atoms with Crippen LogP contribution in [0.3, 0.4) is 0 Å². The summed E-state index contributed by atoms with van der Waals surface area (Å²) in [4.78, 5) is 22.1. The van der Waals surface area contributed by atoms with Crippen LogP contribution in [0.5, 0.6) is 0 Å². The van der Waals surface area contributed by atoms with Gasteiger partial charge in [-0.1, -0.05) is 66.7 Å². The number of aromatic carboxylic acids is 1. The van der Waals surface area contributed by atoms with E-state index in [-0.39, 0.29) is 0 Å². The Bertz CT molecular complexity index is 1230. The van der Waals surface area contributed by atoms with Crippen LogP contribution in [0.1, 0.15) is 15.9 Å². The van der Waals surface area contributed by atoms with Crippen LogP contribution >= 0.6 is 0 Å². The molecule has 3 aromatic carbocycles. The number of piperazine rings is 1. The number of pyridine rings is 1. The van der Waals surface area contributed by atoms with Gasteiger partial charge in [-0.2, -0.15) is 0 Å². The van der Waals surface area contributed by atoms with Crippen molar-refractivity contribution >= 4 is 22.6 Å². The number of para-hydroxylation sites is 2. The summed E-state index contributed by atoms with van der Waals surface area (Å²) in [5.74, 6) is -0.904. The van der Waals surface area contributed by atoms with E-state index in [4.69, 9.17) is 4.98 Å². The molecule has 0 bridgehead atoms. The highest BCUT2D eigenvalue weighted by atomic mass is 16.4. The van der Waals surface area contributed by atoms with Crippen molar-refractivity contribution in [1.29, 1.82) is 0 Å². The number of hydrogen-bond donors (Lipinski definition) is 1. The van der Waals surface area contributed by atoms with Crippen LogP contribution in [0.4, 0.5) is 5.69 Å². The number of benzene rings is 3. The van der Waals surface area contributed by atoms with Crippen molar-refractivity contribution in [3.05, 3.63) is 96.1 Å². The zero-order valence-electron chi connectivity index (χ0n) is 17.8. The van der Waals surface area contributed by atoms with Gasteiger partial charge >= 0.3 is 5.97 Å². The number of nitrogens with zero attached hydrogens (tertiary/aromatic N) is 3. The lowest BCUT2D eigenvalue weighted by Crippen LogP contribution is -2.46.